The van der Waals surface area contributed by atoms with E-state index in [-0.39, 0.29) is 0 Å². The first-order chi connectivity index (χ1) is 9.63. The molecule has 0 amide bonds. The lowest BCUT2D eigenvalue weighted by Crippen LogP contribution is -1.92. The number of nitrogens with zero attached hydrogens (tertiary/aromatic N) is 1. The van der Waals surface area contributed by atoms with Crippen LogP contribution in [0.25, 0.3) is 0 Å². The van der Waals surface area contributed by atoms with Gasteiger partial charge in [0.05, 0.1) is 19.9 Å². The van der Waals surface area contributed by atoms with E-state index in [0.29, 0.717) is 5.75 Å². The molecule has 0 unspecified atom stereocenters. The molecule has 20 heavy (non-hydrogen) atoms. The predicted molar refractivity (Wildman–Crippen MR) is 90.7 cm³/mol. The van der Waals surface area contributed by atoms with Gasteiger partial charge in [0.1, 0.15) is 0 Å². The fourth-order valence-corrected chi connectivity index (χ4v) is 2.24. The minimum Gasteiger partial charge on any atom is -0.493 e. The maximum absolute atomic E-state index is 5.28. The zero-order valence-corrected chi connectivity index (χ0v) is 13.8. The summed E-state index contributed by atoms with van der Waals surface area (Å²) in [4.78, 5) is 4.48. The lowest BCUT2D eigenvalue weighted by Gasteiger charge is -2.07. The van der Waals surface area contributed by atoms with E-state index < -0.39 is 0 Å². The molecule has 0 saturated carbocycles. The van der Waals surface area contributed by atoms with Gasteiger partial charge in [-0.1, -0.05) is 6.07 Å². The summed E-state index contributed by atoms with van der Waals surface area (Å²) in [5.74, 6) is 1.42. The molecule has 4 heteroatoms. The van der Waals surface area contributed by atoms with Crippen molar-refractivity contribution in [2.45, 2.75) is 6.92 Å². The minimum atomic E-state index is 0.704. The van der Waals surface area contributed by atoms with Crippen molar-refractivity contribution >= 4 is 34.5 Å². The molecule has 2 aromatic rings. The normalized spacial score (nSPS) is 10.8. The standard InChI is InChI=1S/C16H16INO2/c1-11-4-6-13(9-14(11)17)18-10-12-5-7-15(19-2)16(8-12)20-3/h4-10H,1-3H3. The predicted octanol–water partition coefficient (Wildman–Crippen LogP) is 4.37. The van der Waals surface area contributed by atoms with Crippen LogP contribution in [0.2, 0.25) is 0 Å². The van der Waals surface area contributed by atoms with Gasteiger partial charge in [0.15, 0.2) is 11.5 Å². The first kappa shape index (κ1) is 14.8. The third kappa shape index (κ3) is 3.50. The molecule has 0 aliphatic carbocycles. The van der Waals surface area contributed by atoms with Crippen LogP contribution in [-0.2, 0) is 0 Å². The molecule has 0 aromatic heterocycles. The number of aryl methyl sites for hydroxylation is 1. The quantitative estimate of drug-likeness (QED) is 0.582. The molecule has 0 aliphatic rings. The van der Waals surface area contributed by atoms with Gasteiger partial charge in [0, 0.05) is 9.78 Å². The molecule has 104 valence electrons. The number of hydrogen-bond donors (Lipinski definition) is 0. The van der Waals surface area contributed by atoms with Crippen LogP contribution in [0.3, 0.4) is 0 Å². The zero-order valence-electron chi connectivity index (χ0n) is 11.7. The first-order valence-corrected chi connectivity index (χ1v) is 7.24. The van der Waals surface area contributed by atoms with Crippen LogP contribution < -0.4 is 9.47 Å². The Kier molecular flexibility index (Phi) is 5.00. The molecule has 3 nitrogen and oxygen atoms in total. The second-order valence-electron chi connectivity index (χ2n) is 4.31. The highest BCUT2D eigenvalue weighted by Gasteiger charge is 2.03. The number of methoxy groups -OCH3 is 2. The summed E-state index contributed by atoms with van der Waals surface area (Å²) in [5.41, 5.74) is 3.17. The van der Waals surface area contributed by atoms with Crippen molar-refractivity contribution in [2.24, 2.45) is 4.99 Å². The van der Waals surface area contributed by atoms with E-state index >= 15 is 0 Å². The molecular formula is C16H16INO2. The van der Waals surface area contributed by atoms with Gasteiger partial charge in [-0.25, -0.2) is 0 Å². The Morgan fingerprint density at radius 3 is 2.40 bits per heavy atom. The Morgan fingerprint density at radius 1 is 1.00 bits per heavy atom. The van der Waals surface area contributed by atoms with E-state index in [1.54, 1.807) is 14.2 Å². The summed E-state index contributed by atoms with van der Waals surface area (Å²) in [6, 6.07) is 11.9. The Hall–Kier alpha value is -1.56. The number of ether oxygens (including phenoxy) is 2. The molecule has 0 spiro atoms. The average Bonchev–Trinajstić information content (AvgIpc) is 2.48. The number of rotatable bonds is 4. The molecule has 0 fully saturated rings. The van der Waals surface area contributed by atoms with E-state index in [1.165, 1.54) is 9.13 Å². The number of aliphatic imine (C=N–C) groups is 1. The van der Waals surface area contributed by atoms with Gasteiger partial charge < -0.3 is 9.47 Å². The van der Waals surface area contributed by atoms with Crippen molar-refractivity contribution in [1.29, 1.82) is 0 Å². The molecular weight excluding hydrogens is 365 g/mol. The lowest BCUT2D eigenvalue weighted by atomic mass is 10.2. The Balaban J connectivity index is 2.24. The Labute approximate surface area is 132 Å². The number of hydrogen-bond acceptors (Lipinski definition) is 3. The van der Waals surface area contributed by atoms with Crippen molar-refractivity contribution in [2.75, 3.05) is 14.2 Å². The summed E-state index contributed by atoms with van der Waals surface area (Å²) >= 11 is 2.31. The third-order valence-corrected chi connectivity index (χ3v) is 4.09. The number of halogens is 1. The molecule has 0 bridgehead atoms. The van der Waals surface area contributed by atoms with Crippen molar-refractivity contribution in [3.8, 4) is 11.5 Å². The van der Waals surface area contributed by atoms with Crippen LogP contribution in [0.1, 0.15) is 11.1 Å². The Morgan fingerprint density at radius 2 is 1.75 bits per heavy atom. The second-order valence-corrected chi connectivity index (χ2v) is 5.47. The molecule has 0 saturated heterocycles. The molecule has 0 N–H and O–H groups in total. The summed E-state index contributed by atoms with van der Waals surface area (Å²) in [6.45, 7) is 2.09. The van der Waals surface area contributed by atoms with Gasteiger partial charge in [-0.05, 0) is 71.0 Å². The highest BCUT2D eigenvalue weighted by atomic mass is 127. The number of benzene rings is 2. The fourth-order valence-electron chi connectivity index (χ4n) is 1.74. The topological polar surface area (TPSA) is 30.8 Å². The molecule has 2 aromatic carbocycles. The van der Waals surface area contributed by atoms with Gasteiger partial charge in [0.2, 0.25) is 0 Å². The summed E-state index contributed by atoms with van der Waals surface area (Å²) in [7, 11) is 3.25. The summed E-state index contributed by atoms with van der Waals surface area (Å²) in [6.07, 6.45) is 1.82. The van der Waals surface area contributed by atoms with Gasteiger partial charge in [0.25, 0.3) is 0 Å². The van der Waals surface area contributed by atoms with Crippen molar-refractivity contribution in [1.82, 2.24) is 0 Å². The van der Waals surface area contributed by atoms with Gasteiger partial charge in [-0.3, -0.25) is 4.99 Å². The molecule has 0 aliphatic heterocycles. The maximum Gasteiger partial charge on any atom is 0.161 e. The van der Waals surface area contributed by atoms with E-state index in [9.17, 15) is 0 Å². The fraction of sp³-hybridized carbons (Fsp3) is 0.188. The van der Waals surface area contributed by atoms with Crippen molar-refractivity contribution in [3.63, 3.8) is 0 Å². The maximum atomic E-state index is 5.28. The molecule has 0 atom stereocenters. The molecule has 2 rings (SSSR count). The zero-order chi connectivity index (χ0) is 14.5. The van der Waals surface area contributed by atoms with Crippen LogP contribution in [0.4, 0.5) is 5.69 Å². The van der Waals surface area contributed by atoms with E-state index in [2.05, 4.69) is 46.6 Å². The monoisotopic (exact) mass is 381 g/mol. The largest absolute Gasteiger partial charge is 0.493 e. The summed E-state index contributed by atoms with van der Waals surface area (Å²) < 4.78 is 11.7. The van der Waals surface area contributed by atoms with E-state index in [4.69, 9.17) is 9.47 Å². The third-order valence-electron chi connectivity index (χ3n) is 2.93. The highest BCUT2D eigenvalue weighted by Crippen LogP contribution is 2.27. The van der Waals surface area contributed by atoms with Gasteiger partial charge in [-0.2, -0.15) is 0 Å². The minimum absolute atomic E-state index is 0.704. The van der Waals surface area contributed by atoms with Gasteiger partial charge in [-0.15, -0.1) is 0 Å². The second kappa shape index (κ2) is 6.74. The lowest BCUT2D eigenvalue weighted by molar-refractivity contribution is 0.355. The van der Waals surface area contributed by atoms with Gasteiger partial charge >= 0.3 is 0 Å². The van der Waals surface area contributed by atoms with Crippen LogP contribution >= 0.6 is 22.6 Å². The SMILES string of the molecule is COc1ccc(C=Nc2ccc(C)c(I)c2)cc1OC. The van der Waals surface area contributed by atoms with Crippen molar-refractivity contribution in [3.05, 3.63) is 51.1 Å². The van der Waals surface area contributed by atoms with Crippen LogP contribution in [0.15, 0.2) is 41.4 Å². The van der Waals surface area contributed by atoms with Crippen LogP contribution in [0.5, 0.6) is 11.5 Å². The molecule has 0 heterocycles. The molecule has 0 radical (unpaired) electrons. The average molecular weight is 381 g/mol. The highest BCUT2D eigenvalue weighted by molar-refractivity contribution is 14.1. The Bertz CT molecular complexity index is 638. The smallest absolute Gasteiger partial charge is 0.161 e. The van der Waals surface area contributed by atoms with E-state index in [0.717, 1.165) is 17.0 Å². The van der Waals surface area contributed by atoms with E-state index in [1.807, 2.05) is 30.5 Å². The van der Waals surface area contributed by atoms with Crippen LogP contribution in [0, 0.1) is 10.5 Å². The van der Waals surface area contributed by atoms with Crippen LogP contribution in [-0.4, -0.2) is 20.4 Å². The first-order valence-electron chi connectivity index (χ1n) is 6.16. The summed E-state index contributed by atoms with van der Waals surface area (Å²) in [5, 5.41) is 0. The van der Waals surface area contributed by atoms with Crippen molar-refractivity contribution < 1.29 is 9.47 Å².